The number of aromatic nitrogens is 4. The van der Waals surface area contributed by atoms with Crippen molar-refractivity contribution < 1.29 is 4.42 Å². The van der Waals surface area contributed by atoms with Crippen LogP contribution in [-0.2, 0) is 6.42 Å². The molecule has 0 bridgehead atoms. The predicted octanol–water partition coefficient (Wildman–Crippen LogP) is 11.2. The van der Waals surface area contributed by atoms with Crippen LogP contribution in [0.5, 0.6) is 0 Å². The van der Waals surface area contributed by atoms with Crippen molar-refractivity contribution in [3.63, 3.8) is 0 Å². The smallest absolute Gasteiger partial charge is 0.248 e. The van der Waals surface area contributed by atoms with E-state index < -0.39 is 0 Å². The highest BCUT2D eigenvalue weighted by atomic mass is 16.3. The number of rotatable bonds is 3. The van der Waals surface area contributed by atoms with Crippen LogP contribution in [0.2, 0.25) is 0 Å². The molecule has 10 aromatic rings. The van der Waals surface area contributed by atoms with E-state index in [-0.39, 0.29) is 0 Å². The zero-order valence-corrected chi connectivity index (χ0v) is 26.5. The van der Waals surface area contributed by atoms with Gasteiger partial charge in [-0.2, -0.15) is 4.98 Å². The maximum absolute atomic E-state index is 6.33. The molecule has 0 radical (unpaired) electrons. The molecule has 6 aromatic carbocycles. The summed E-state index contributed by atoms with van der Waals surface area (Å²) in [6, 6.07) is 45.5. The molecule has 1 aliphatic rings. The number of fused-ring (bicyclic) bond motifs is 11. The highest BCUT2D eigenvalue weighted by Gasteiger charge is 2.22. The summed E-state index contributed by atoms with van der Waals surface area (Å²) >= 11 is 0. The molecule has 5 heteroatoms. The summed E-state index contributed by atoms with van der Waals surface area (Å²) in [6.45, 7) is 0. The Hall–Kier alpha value is -6.46. The summed E-state index contributed by atoms with van der Waals surface area (Å²) in [7, 11) is 0. The summed E-state index contributed by atoms with van der Waals surface area (Å²) in [5.41, 5.74) is 11.8. The Balaban J connectivity index is 1.08. The zero-order chi connectivity index (χ0) is 32.1. The highest BCUT2D eigenvalue weighted by molar-refractivity contribution is 6.17. The summed E-state index contributed by atoms with van der Waals surface area (Å²) < 4.78 is 11.0. The lowest BCUT2D eigenvalue weighted by Crippen LogP contribution is -2.05. The SMILES string of the molecule is C1=Cc2c(n(-c3cnc4c(n3)oc3ccc5ccccc5c34)c3ccc(-c4ccc5c(c4)c4ccccc4n5-c4ccccc4)cc23)CC1. The molecule has 0 aliphatic heterocycles. The van der Waals surface area contributed by atoms with E-state index in [1.54, 1.807) is 0 Å². The molecular weight excluding hydrogens is 601 g/mol. The van der Waals surface area contributed by atoms with Gasteiger partial charge in [0.15, 0.2) is 5.82 Å². The first kappa shape index (κ1) is 26.6. The first-order chi connectivity index (χ1) is 24.3. The molecule has 1 aliphatic carbocycles. The minimum atomic E-state index is 0.561. The van der Waals surface area contributed by atoms with E-state index in [1.165, 1.54) is 55.3 Å². The van der Waals surface area contributed by atoms with Gasteiger partial charge >= 0.3 is 0 Å². The summed E-state index contributed by atoms with van der Waals surface area (Å²) in [6.07, 6.45) is 8.39. The van der Waals surface area contributed by atoms with Crippen LogP contribution in [0.1, 0.15) is 17.7 Å². The van der Waals surface area contributed by atoms with E-state index in [1.807, 2.05) is 12.3 Å². The second-order valence-corrected chi connectivity index (χ2v) is 12.9. The fourth-order valence-electron chi connectivity index (χ4n) is 8.07. The standard InChI is InChI=1S/C44H28N4O/c1-2-11-30(12-3-1)47-36-16-8-6-14-32(36)34-24-28(18-21-38(34)47)29-19-22-39-35(25-29)33-15-7-9-17-37(33)48(39)41-26-45-43-42-31-13-5-4-10-27(31)20-23-40(42)49-44(43)46-41/h1-8,10-16,18-26H,9,17H2. The molecule has 5 nitrogen and oxygen atoms in total. The van der Waals surface area contributed by atoms with Crippen molar-refractivity contribution in [3.8, 4) is 22.6 Å². The molecule has 0 fully saturated rings. The fraction of sp³-hybridized carbons (Fsp3) is 0.0455. The van der Waals surface area contributed by atoms with Crippen molar-refractivity contribution in [2.24, 2.45) is 0 Å². The van der Waals surface area contributed by atoms with Crippen molar-refractivity contribution in [2.45, 2.75) is 12.8 Å². The Labute approximate surface area is 281 Å². The number of hydrogen-bond acceptors (Lipinski definition) is 3. The van der Waals surface area contributed by atoms with Crippen LogP contribution in [0.25, 0.3) is 94.4 Å². The Morgan fingerprint density at radius 1 is 0.612 bits per heavy atom. The second-order valence-electron chi connectivity index (χ2n) is 12.9. The van der Waals surface area contributed by atoms with Gasteiger partial charge in [0, 0.05) is 33.1 Å². The maximum atomic E-state index is 6.33. The lowest BCUT2D eigenvalue weighted by atomic mass is 9.98. The van der Waals surface area contributed by atoms with Crippen LogP contribution in [0.3, 0.4) is 0 Å². The zero-order valence-electron chi connectivity index (χ0n) is 26.5. The van der Waals surface area contributed by atoms with Crippen LogP contribution < -0.4 is 0 Å². The van der Waals surface area contributed by atoms with E-state index in [0.29, 0.717) is 5.71 Å². The molecule has 49 heavy (non-hydrogen) atoms. The van der Waals surface area contributed by atoms with Crippen LogP contribution in [0.4, 0.5) is 0 Å². The Kier molecular flexibility index (Phi) is 5.44. The molecule has 0 N–H and O–H groups in total. The minimum absolute atomic E-state index is 0.561. The molecule has 0 saturated heterocycles. The fourth-order valence-corrected chi connectivity index (χ4v) is 8.07. The maximum Gasteiger partial charge on any atom is 0.248 e. The first-order valence-electron chi connectivity index (χ1n) is 16.8. The Morgan fingerprint density at radius 2 is 1.35 bits per heavy atom. The van der Waals surface area contributed by atoms with Crippen LogP contribution >= 0.6 is 0 Å². The van der Waals surface area contributed by atoms with Gasteiger partial charge in [-0.05, 0) is 83.3 Å². The molecule has 4 aromatic heterocycles. The third-order valence-corrected chi connectivity index (χ3v) is 10.3. The number of hydrogen-bond donors (Lipinski definition) is 0. The van der Waals surface area contributed by atoms with E-state index in [4.69, 9.17) is 14.4 Å². The van der Waals surface area contributed by atoms with Gasteiger partial charge in [0.1, 0.15) is 11.1 Å². The van der Waals surface area contributed by atoms with Crippen molar-refractivity contribution >= 4 is 71.8 Å². The number of benzene rings is 6. The van der Waals surface area contributed by atoms with Crippen molar-refractivity contribution in [3.05, 3.63) is 151 Å². The van der Waals surface area contributed by atoms with Gasteiger partial charge in [-0.1, -0.05) is 91.0 Å². The van der Waals surface area contributed by atoms with E-state index in [2.05, 4.69) is 143 Å². The third-order valence-electron chi connectivity index (χ3n) is 10.3. The van der Waals surface area contributed by atoms with Crippen molar-refractivity contribution in [1.82, 2.24) is 19.1 Å². The van der Waals surface area contributed by atoms with Crippen LogP contribution in [0.15, 0.2) is 144 Å². The topological polar surface area (TPSA) is 48.8 Å². The summed E-state index contributed by atoms with van der Waals surface area (Å²) in [5, 5.41) is 7.03. The van der Waals surface area contributed by atoms with E-state index >= 15 is 0 Å². The van der Waals surface area contributed by atoms with E-state index in [0.717, 1.165) is 51.4 Å². The largest absolute Gasteiger partial charge is 0.436 e. The number of allylic oxidation sites excluding steroid dienone is 1. The number of nitrogens with zero attached hydrogens (tertiary/aromatic N) is 4. The lowest BCUT2D eigenvalue weighted by Gasteiger charge is -2.12. The second kappa shape index (κ2) is 10.0. The average molecular weight is 629 g/mol. The average Bonchev–Trinajstić information content (AvgIpc) is 3.82. The van der Waals surface area contributed by atoms with Gasteiger partial charge in [0.05, 0.1) is 28.1 Å². The number of para-hydroxylation sites is 2. The van der Waals surface area contributed by atoms with Gasteiger partial charge in [-0.3, -0.25) is 4.57 Å². The Bertz CT molecular complexity index is 3000. The van der Waals surface area contributed by atoms with Gasteiger partial charge in [0.2, 0.25) is 5.71 Å². The minimum Gasteiger partial charge on any atom is -0.436 e. The summed E-state index contributed by atoms with van der Waals surface area (Å²) in [5.74, 6) is 0.778. The van der Waals surface area contributed by atoms with Gasteiger partial charge in [0.25, 0.3) is 0 Å². The lowest BCUT2D eigenvalue weighted by molar-refractivity contribution is 0.651. The predicted molar refractivity (Wildman–Crippen MR) is 201 cm³/mol. The van der Waals surface area contributed by atoms with E-state index in [9.17, 15) is 0 Å². The molecule has 11 rings (SSSR count). The third kappa shape index (κ3) is 3.81. The van der Waals surface area contributed by atoms with Crippen molar-refractivity contribution in [1.29, 1.82) is 0 Å². The van der Waals surface area contributed by atoms with Gasteiger partial charge < -0.3 is 8.98 Å². The molecular formula is C44H28N4O. The molecule has 4 heterocycles. The highest BCUT2D eigenvalue weighted by Crippen LogP contribution is 2.39. The monoisotopic (exact) mass is 628 g/mol. The molecule has 0 saturated carbocycles. The molecule has 0 unspecified atom stereocenters. The normalized spacial score (nSPS) is 13.1. The van der Waals surface area contributed by atoms with Crippen molar-refractivity contribution in [2.75, 3.05) is 0 Å². The Morgan fingerprint density at radius 3 is 2.22 bits per heavy atom. The molecule has 230 valence electrons. The van der Waals surface area contributed by atoms with Gasteiger partial charge in [-0.15, -0.1) is 0 Å². The molecule has 0 amide bonds. The quantitative estimate of drug-likeness (QED) is 0.196. The van der Waals surface area contributed by atoms with Crippen LogP contribution in [-0.4, -0.2) is 19.1 Å². The molecule has 0 spiro atoms. The van der Waals surface area contributed by atoms with Crippen LogP contribution in [0, 0.1) is 0 Å². The summed E-state index contributed by atoms with van der Waals surface area (Å²) in [4.78, 5) is 10.1. The number of furan rings is 1. The first-order valence-corrected chi connectivity index (χ1v) is 16.8. The molecule has 0 atom stereocenters. The van der Waals surface area contributed by atoms with Gasteiger partial charge in [-0.25, -0.2) is 4.98 Å².